The van der Waals surface area contributed by atoms with Crippen molar-refractivity contribution in [2.24, 2.45) is 13.0 Å². The fourth-order valence-electron chi connectivity index (χ4n) is 1.17. The van der Waals surface area contributed by atoms with Gasteiger partial charge in [-0.05, 0) is 6.42 Å². The number of ketones is 1. The van der Waals surface area contributed by atoms with E-state index in [1.54, 1.807) is 6.33 Å². The Morgan fingerprint density at radius 2 is 2.31 bits per heavy atom. The Hall–Kier alpha value is -1.12. The predicted molar refractivity (Wildman–Crippen MR) is 51.4 cm³/mol. The zero-order valence-corrected chi connectivity index (χ0v) is 8.45. The molecular weight excluding hydrogens is 164 g/mol. The third-order valence-corrected chi connectivity index (χ3v) is 2.19. The molecule has 1 heterocycles. The first-order chi connectivity index (χ1) is 6.11. The Labute approximate surface area is 78.8 Å². The molecule has 0 spiro atoms. The number of nitrogens with zero attached hydrogens (tertiary/aromatic N) is 2. The summed E-state index contributed by atoms with van der Waals surface area (Å²) in [6.45, 7) is 3.87. The second kappa shape index (κ2) is 4.21. The van der Waals surface area contributed by atoms with Gasteiger partial charge in [0, 0.05) is 31.3 Å². The summed E-state index contributed by atoms with van der Waals surface area (Å²) in [5.74, 6) is 0.467. The highest BCUT2D eigenvalue weighted by Gasteiger charge is 2.08. The van der Waals surface area contributed by atoms with Crippen LogP contribution in [0.25, 0.3) is 0 Å². The van der Waals surface area contributed by atoms with E-state index in [1.165, 1.54) is 0 Å². The second-order valence-corrected chi connectivity index (χ2v) is 3.62. The molecule has 1 aromatic rings. The van der Waals surface area contributed by atoms with E-state index in [0.29, 0.717) is 12.2 Å². The van der Waals surface area contributed by atoms with E-state index in [9.17, 15) is 4.79 Å². The molecule has 0 bridgehead atoms. The molecule has 0 aliphatic carbocycles. The summed E-state index contributed by atoms with van der Waals surface area (Å²) in [6.07, 6.45) is 4.99. The number of aryl methyl sites for hydroxylation is 2. The predicted octanol–water partition coefficient (Wildman–Crippen LogP) is 1.58. The maximum Gasteiger partial charge on any atom is 0.135 e. The van der Waals surface area contributed by atoms with Crippen molar-refractivity contribution in [2.45, 2.75) is 26.7 Å². The first-order valence-corrected chi connectivity index (χ1v) is 4.59. The molecule has 0 N–H and O–H groups in total. The van der Waals surface area contributed by atoms with E-state index < -0.39 is 0 Å². The third-order valence-electron chi connectivity index (χ3n) is 2.19. The SMILES string of the molecule is CC(C)C(=O)CCc1cncn1C. The number of hydrogen-bond acceptors (Lipinski definition) is 2. The smallest absolute Gasteiger partial charge is 0.135 e. The van der Waals surface area contributed by atoms with Crippen molar-refractivity contribution in [1.82, 2.24) is 9.55 Å². The van der Waals surface area contributed by atoms with Gasteiger partial charge in [0.05, 0.1) is 6.33 Å². The lowest BCUT2D eigenvalue weighted by Crippen LogP contribution is -2.09. The highest BCUT2D eigenvalue weighted by molar-refractivity contribution is 5.80. The van der Waals surface area contributed by atoms with Gasteiger partial charge < -0.3 is 4.57 Å². The number of rotatable bonds is 4. The first-order valence-electron chi connectivity index (χ1n) is 4.59. The van der Waals surface area contributed by atoms with Crippen molar-refractivity contribution in [2.75, 3.05) is 0 Å². The van der Waals surface area contributed by atoms with Crippen molar-refractivity contribution >= 4 is 5.78 Å². The minimum Gasteiger partial charge on any atom is -0.338 e. The highest BCUT2D eigenvalue weighted by atomic mass is 16.1. The summed E-state index contributed by atoms with van der Waals surface area (Å²) >= 11 is 0. The lowest BCUT2D eigenvalue weighted by molar-refractivity contribution is -0.121. The fourth-order valence-corrected chi connectivity index (χ4v) is 1.17. The number of aromatic nitrogens is 2. The van der Waals surface area contributed by atoms with Gasteiger partial charge >= 0.3 is 0 Å². The Kier molecular flexibility index (Phi) is 3.23. The molecule has 0 saturated heterocycles. The van der Waals surface area contributed by atoms with Crippen molar-refractivity contribution in [1.29, 1.82) is 0 Å². The van der Waals surface area contributed by atoms with Crippen LogP contribution in [-0.4, -0.2) is 15.3 Å². The molecule has 1 aromatic heterocycles. The van der Waals surface area contributed by atoms with Gasteiger partial charge in [0.25, 0.3) is 0 Å². The molecular formula is C10H16N2O. The molecule has 0 aliphatic rings. The van der Waals surface area contributed by atoms with Gasteiger partial charge in [-0.1, -0.05) is 13.8 Å². The molecule has 3 heteroatoms. The van der Waals surface area contributed by atoms with Crippen LogP contribution in [0.1, 0.15) is 26.0 Å². The molecule has 13 heavy (non-hydrogen) atoms. The van der Waals surface area contributed by atoms with Crippen LogP contribution in [0.3, 0.4) is 0 Å². The highest BCUT2D eigenvalue weighted by Crippen LogP contribution is 2.05. The summed E-state index contributed by atoms with van der Waals surface area (Å²) in [4.78, 5) is 15.3. The summed E-state index contributed by atoms with van der Waals surface area (Å²) in [5.41, 5.74) is 1.12. The molecule has 0 atom stereocenters. The van der Waals surface area contributed by atoms with Gasteiger partial charge in [0.15, 0.2) is 0 Å². The molecule has 0 unspecified atom stereocenters. The van der Waals surface area contributed by atoms with Crippen molar-refractivity contribution in [3.63, 3.8) is 0 Å². The topological polar surface area (TPSA) is 34.9 Å². The molecule has 0 aromatic carbocycles. The molecule has 0 aliphatic heterocycles. The molecule has 0 saturated carbocycles. The monoisotopic (exact) mass is 180 g/mol. The van der Waals surface area contributed by atoms with E-state index in [-0.39, 0.29) is 5.92 Å². The van der Waals surface area contributed by atoms with Gasteiger partial charge in [0.1, 0.15) is 5.78 Å². The van der Waals surface area contributed by atoms with Crippen molar-refractivity contribution in [3.05, 3.63) is 18.2 Å². The van der Waals surface area contributed by atoms with Crippen LogP contribution in [0.4, 0.5) is 0 Å². The zero-order chi connectivity index (χ0) is 9.84. The number of hydrogen-bond donors (Lipinski definition) is 0. The summed E-state index contributed by atoms with van der Waals surface area (Å²) in [5, 5.41) is 0. The molecule has 0 fully saturated rings. The van der Waals surface area contributed by atoms with Gasteiger partial charge in [-0.15, -0.1) is 0 Å². The molecule has 72 valence electrons. The largest absolute Gasteiger partial charge is 0.338 e. The molecule has 0 radical (unpaired) electrons. The van der Waals surface area contributed by atoms with Crippen LogP contribution in [0.5, 0.6) is 0 Å². The quantitative estimate of drug-likeness (QED) is 0.705. The third kappa shape index (κ3) is 2.68. The first kappa shape index (κ1) is 9.96. The van der Waals surface area contributed by atoms with Crippen molar-refractivity contribution in [3.8, 4) is 0 Å². The van der Waals surface area contributed by atoms with Gasteiger partial charge in [0.2, 0.25) is 0 Å². The van der Waals surface area contributed by atoms with Crippen LogP contribution in [0.2, 0.25) is 0 Å². The second-order valence-electron chi connectivity index (χ2n) is 3.62. The number of Topliss-reactive ketones (excluding diaryl/α,β-unsaturated/α-hetero) is 1. The maximum atomic E-state index is 11.3. The normalized spacial score (nSPS) is 10.8. The Morgan fingerprint density at radius 1 is 1.62 bits per heavy atom. The average Bonchev–Trinajstić information content (AvgIpc) is 2.47. The molecule has 1 rings (SSSR count). The lowest BCUT2D eigenvalue weighted by Gasteiger charge is -2.03. The van der Waals surface area contributed by atoms with E-state index >= 15 is 0 Å². The molecule has 3 nitrogen and oxygen atoms in total. The number of carbonyl (C=O) groups is 1. The Balaban J connectivity index is 2.44. The van der Waals surface area contributed by atoms with Crippen LogP contribution in [0.15, 0.2) is 12.5 Å². The van der Waals surface area contributed by atoms with Gasteiger partial charge in [-0.3, -0.25) is 4.79 Å². The van der Waals surface area contributed by atoms with E-state index in [0.717, 1.165) is 12.1 Å². The van der Waals surface area contributed by atoms with Crippen LogP contribution in [-0.2, 0) is 18.3 Å². The minimum atomic E-state index is 0.147. The zero-order valence-electron chi connectivity index (χ0n) is 8.45. The van der Waals surface area contributed by atoms with Crippen LogP contribution in [0, 0.1) is 5.92 Å². The Bertz CT molecular complexity index is 289. The number of carbonyl (C=O) groups excluding carboxylic acids is 1. The standard InChI is InChI=1S/C10H16N2O/c1-8(2)10(13)5-4-9-6-11-7-12(9)3/h6-8H,4-5H2,1-3H3. The number of imidazole rings is 1. The summed E-state index contributed by atoms with van der Waals surface area (Å²) < 4.78 is 1.95. The average molecular weight is 180 g/mol. The van der Waals surface area contributed by atoms with E-state index in [1.807, 2.05) is 31.7 Å². The fraction of sp³-hybridized carbons (Fsp3) is 0.600. The maximum absolute atomic E-state index is 11.3. The van der Waals surface area contributed by atoms with Gasteiger partial charge in [-0.25, -0.2) is 4.98 Å². The molecule has 0 amide bonds. The van der Waals surface area contributed by atoms with E-state index in [4.69, 9.17) is 0 Å². The van der Waals surface area contributed by atoms with Gasteiger partial charge in [-0.2, -0.15) is 0 Å². The lowest BCUT2D eigenvalue weighted by atomic mass is 10.0. The van der Waals surface area contributed by atoms with Crippen LogP contribution >= 0.6 is 0 Å². The van der Waals surface area contributed by atoms with Crippen LogP contribution < -0.4 is 0 Å². The van der Waals surface area contributed by atoms with Crippen molar-refractivity contribution < 1.29 is 4.79 Å². The Morgan fingerprint density at radius 3 is 2.77 bits per heavy atom. The minimum absolute atomic E-state index is 0.147. The summed E-state index contributed by atoms with van der Waals surface area (Å²) in [7, 11) is 1.95. The summed E-state index contributed by atoms with van der Waals surface area (Å²) in [6, 6.07) is 0. The van der Waals surface area contributed by atoms with E-state index in [2.05, 4.69) is 4.98 Å².